The van der Waals surface area contributed by atoms with E-state index in [1.165, 1.54) is 24.4 Å². The van der Waals surface area contributed by atoms with Crippen LogP contribution < -0.4 is 23.0 Å². The smallest absolute Gasteiger partial charge is 0.144 e. The van der Waals surface area contributed by atoms with Gasteiger partial charge in [0, 0.05) is 42.9 Å². The quantitative estimate of drug-likeness (QED) is 0.148. The standard InChI is InChI=1S/C11H21N3O.C7H16N2O.C6H13N.C2H6.CH2O/c1-11(2,3)10(7-15)14(13)6-9(12)8-4-5-8;1-3-7(10)6(4-8)5(2)9;1-6-4-3-5-7(6)2;2*1-2/h6-8,10H,4-5,12-13H2,1-3H3;5,10H,3-4,8-9H2,1-2H3;6H,3-5H2,1-2H3;1-2H3;1H2/b9-6-;7-6-;;;. The molecule has 3 unspecified atom stereocenters. The fraction of sp³-hybridized carbons (Fsp3) is 0.778. The molecule has 9 nitrogen and oxygen atoms in total. The maximum atomic E-state index is 11.0. The van der Waals surface area contributed by atoms with Crippen molar-refractivity contribution in [3.8, 4) is 0 Å². The molecule has 0 aromatic carbocycles. The predicted molar refractivity (Wildman–Crippen MR) is 153 cm³/mol. The zero-order valence-corrected chi connectivity index (χ0v) is 24.6. The molecule has 0 bridgehead atoms. The maximum Gasteiger partial charge on any atom is 0.144 e. The second kappa shape index (κ2) is 21.2. The average Bonchev–Trinajstić information content (AvgIpc) is 3.61. The molecule has 0 radical (unpaired) electrons. The highest BCUT2D eigenvalue weighted by Crippen LogP contribution is 2.34. The minimum Gasteiger partial charge on any atom is -0.512 e. The minimum atomic E-state index is -0.338. The molecule has 1 saturated carbocycles. The first-order valence-electron chi connectivity index (χ1n) is 13.1. The van der Waals surface area contributed by atoms with Crippen LogP contribution in [0.5, 0.6) is 0 Å². The van der Waals surface area contributed by atoms with E-state index in [1.807, 2.05) is 55.3 Å². The predicted octanol–water partition coefficient (Wildman–Crippen LogP) is 3.44. The molecule has 0 spiro atoms. The summed E-state index contributed by atoms with van der Waals surface area (Å²) < 4.78 is 0. The lowest BCUT2D eigenvalue weighted by Crippen LogP contribution is -2.46. The molecule has 0 aromatic heterocycles. The number of rotatable bonds is 7. The van der Waals surface area contributed by atoms with Crippen LogP contribution in [0.15, 0.2) is 23.2 Å². The van der Waals surface area contributed by atoms with E-state index in [2.05, 4.69) is 18.9 Å². The van der Waals surface area contributed by atoms with Crippen molar-refractivity contribution < 1.29 is 14.7 Å². The Balaban J connectivity index is -0.000000449. The van der Waals surface area contributed by atoms with Gasteiger partial charge in [-0.3, -0.25) is 0 Å². The van der Waals surface area contributed by atoms with Crippen LogP contribution in [-0.4, -0.2) is 66.4 Å². The molecule has 3 atom stereocenters. The van der Waals surface area contributed by atoms with E-state index in [-0.39, 0.29) is 17.5 Å². The highest BCUT2D eigenvalue weighted by molar-refractivity contribution is 5.59. The lowest BCUT2D eigenvalue weighted by Gasteiger charge is -2.32. The Morgan fingerprint density at radius 3 is 1.92 bits per heavy atom. The Morgan fingerprint density at radius 2 is 1.72 bits per heavy atom. The number of carbonyl (C=O) groups is 2. The van der Waals surface area contributed by atoms with E-state index in [0.29, 0.717) is 24.6 Å². The van der Waals surface area contributed by atoms with Crippen molar-refractivity contribution in [3.63, 3.8) is 0 Å². The Labute approximate surface area is 221 Å². The van der Waals surface area contributed by atoms with Crippen LogP contribution in [0.1, 0.15) is 87.5 Å². The molecular weight excluding hydrogens is 456 g/mol. The number of aliphatic hydroxyl groups is 1. The normalized spacial score (nSPS) is 19.8. The second-order valence-electron chi connectivity index (χ2n) is 10.1. The lowest BCUT2D eigenvalue weighted by molar-refractivity contribution is -0.114. The summed E-state index contributed by atoms with van der Waals surface area (Å²) in [6.07, 6.45) is 8.25. The number of hydrogen-bond donors (Lipinski definition) is 5. The number of aldehydes is 1. The van der Waals surface area contributed by atoms with Crippen LogP contribution in [-0.2, 0) is 9.59 Å². The molecule has 1 saturated heterocycles. The molecule has 0 amide bonds. The van der Waals surface area contributed by atoms with Gasteiger partial charge in [-0.2, -0.15) is 0 Å². The van der Waals surface area contributed by atoms with E-state index < -0.39 is 0 Å². The first-order valence-corrected chi connectivity index (χ1v) is 13.1. The van der Waals surface area contributed by atoms with Crippen LogP contribution in [0.4, 0.5) is 0 Å². The fourth-order valence-corrected chi connectivity index (χ4v) is 3.37. The number of allylic oxidation sites excluding steroid dienone is 2. The molecule has 36 heavy (non-hydrogen) atoms. The van der Waals surface area contributed by atoms with Gasteiger partial charge in [-0.05, 0) is 64.1 Å². The molecule has 0 aromatic rings. The van der Waals surface area contributed by atoms with Crippen molar-refractivity contribution >= 4 is 13.1 Å². The third kappa shape index (κ3) is 16.7. The summed E-state index contributed by atoms with van der Waals surface area (Å²) in [6.45, 7) is 19.6. The largest absolute Gasteiger partial charge is 0.512 e. The van der Waals surface area contributed by atoms with Gasteiger partial charge in [0.05, 0.1) is 5.76 Å². The van der Waals surface area contributed by atoms with Gasteiger partial charge in [-0.1, -0.05) is 41.5 Å². The first kappa shape index (κ1) is 38.6. The second-order valence-corrected chi connectivity index (χ2v) is 10.1. The van der Waals surface area contributed by atoms with Crippen molar-refractivity contribution in [1.82, 2.24) is 9.91 Å². The van der Waals surface area contributed by atoms with Crippen molar-refractivity contribution in [3.05, 3.63) is 23.2 Å². The molecule has 2 aliphatic rings. The zero-order chi connectivity index (χ0) is 29.1. The number of aliphatic hydroxyl groups excluding tert-OH is 1. The van der Waals surface area contributed by atoms with Crippen LogP contribution >= 0.6 is 0 Å². The molecule has 1 aliphatic heterocycles. The Bertz CT molecular complexity index is 619. The molecule has 1 aliphatic carbocycles. The summed E-state index contributed by atoms with van der Waals surface area (Å²) in [4.78, 5) is 21.4. The summed E-state index contributed by atoms with van der Waals surface area (Å²) >= 11 is 0. The van der Waals surface area contributed by atoms with E-state index in [0.717, 1.165) is 36.4 Å². The molecule has 9 N–H and O–H groups in total. The number of carbonyl (C=O) groups excluding carboxylic acids is 2. The summed E-state index contributed by atoms with van der Waals surface area (Å²) in [7, 11) is 2.19. The van der Waals surface area contributed by atoms with Crippen molar-refractivity contribution in [2.75, 3.05) is 20.1 Å². The summed E-state index contributed by atoms with van der Waals surface area (Å²) in [5.74, 6) is 6.63. The molecular formula is C27H58N6O3. The van der Waals surface area contributed by atoms with Crippen LogP contribution in [0.3, 0.4) is 0 Å². The van der Waals surface area contributed by atoms with Crippen molar-refractivity contribution in [2.45, 2.75) is 106 Å². The van der Waals surface area contributed by atoms with Crippen molar-refractivity contribution in [2.24, 2.45) is 34.4 Å². The minimum absolute atomic E-state index is 0.134. The summed E-state index contributed by atoms with van der Waals surface area (Å²) in [6, 6.07) is 0.375. The van der Waals surface area contributed by atoms with Gasteiger partial charge in [0.15, 0.2) is 0 Å². The van der Waals surface area contributed by atoms with Gasteiger partial charge in [0.1, 0.15) is 19.1 Å². The van der Waals surface area contributed by atoms with E-state index in [1.54, 1.807) is 6.20 Å². The summed E-state index contributed by atoms with van der Waals surface area (Å²) in [5, 5.41) is 10.6. The molecule has 2 fully saturated rings. The number of nitrogens with zero attached hydrogens (tertiary/aromatic N) is 2. The van der Waals surface area contributed by atoms with Gasteiger partial charge >= 0.3 is 0 Å². The number of hydrogen-bond acceptors (Lipinski definition) is 9. The Hall–Kier alpha value is -1.94. The third-order valence-electron chi connectivity index (χ3n) is 6.04. The maximum absolute atomic E-state index is 11.0. The number of hydrazine groups is 1. The highest BCUT2D eigenvalue weighted by atomic mass is 16.3. The Kier molecular flexibility index (Phi) is 22.7. The van der Waals surface area contributed by atoms with Gasteiger partial charge in [-0.15, -0.1) is 0 Å². The zero-order valence-electron chi connectivity index (χ0n) is 24.6. The van der Waals surface area contributed by atoms with Crippen LogP contribution in [0.25, 0.3) is 0 Å². The van der Waals surface area contributed by atoms with Crippen LogP contribution in [0, 0.1) is 11.3 Å². The first-order chi connectivity index (χ1) is 16.8. The number of likely N-dealkylation sites (tertiary alicyclic amines) is 1. The van der Waals surface area contributed by atoms with Gasteiger partial charge in [0.25, 0.3) is 0 Å². The monoisotopic (exact) mass is 514 g/mol. The topological polar surface area (TPSA) is 165 Å². The molecule has 9 heteroatoms. The van der Waals surface area contributed by atoms with Gasteiger partial charge in [0.2, 0.25) is 0 Å². The molecule has 214 valence electrons. The highest BCUT2D eigenvalue weighted by Gasteiger charge is 2.29. The molecule has 1 heterocycles. The van der Waals surface area contributed by atoms with E-state index in [9.17, 15) is 9.90 Å². The van der Waals surface area contributed by atoms with Crippen molar-refractivity contribution in [1.29, 1.82) is 0 Å². The van der Waals surface area contributed by atoms with Crippen LogP contribution in [0.2, 0.25) is 0 Å². The summed E-state index contributed by atoms with van der Waals surface area (Å²) in [5.41, 5.74) is 18.1. The Morgan fingerprint density at radius 1 is 1.22 bits per heavy atom. The molecule has 2 rings (SSSR count). The van der Waals surface area contributed by atoms with E-state index >= 15 is 0 Å². The third-order valence-corrected chi connectivity index (χ3v) is 6.04. The SMILES string of the molecule is C=O.CC.CC(C)(C)C(C=O)N(N)/C=C(\N)C1CC1.CC/C(O)=C(\CN)C(C)N.CC1CCCN1C. The average molecular weight is 515 g/mol. The fourth-order valence-electron chi connectivity index (χ4n) is 3.37. The number of nitrogens with two attached hydrogens (primary N) is 4. The van der Waals surface area contributed by atoms with Gasteiger partial charge in [-0.25, -0.2) is 5.84 Å². The van der Waals surface area contributed by atoms with E-state index in [4.69, 9.17) is 27.8 Å². The lowest BCUT2D eigenvalue weighted by atomic mass is 9.87. The van der Waals surface area contributed by atoms with Gasteiger partial charge < -0.3 is 41.8 Å².